The van der Waals surface area contributed by atoms with Crippen molar-refractivity contribution in [3.8, 4) is 0 Å². The summed E-state index contributed by atoms with van der Waals surface area (Å²) in [5.74, 6) is -1.07. The molecule has 1 aromatic carbocycles. The molecule has 1 heterocycles. The molecular weight excluding hydrogens is 272 g/mol. The molecule has 0 unspecified atom stereocenters. The van der Waals surface area contributed by atoms with E-state index in [4.69, 9.17) is 9.84 Å². The number of aliphatic carboxylic acids is 1. The van der Waals surface area contributed by atoms with Crippen molar-refractivity contribution in [3.05, 3.63) is 29.8 Å². The second kappa shape index (κ2) is 7.75. The van der Waals surface area contributed by atoms with Gasteiger partial charge in [-0.1, -0.05) is 12.1 Å². The zero-order valence-corrected chi connectivity index (χ0v) is 11.8. The Kier molecular flexibility index (Phi) is 5.71. The highest BCUT2D eigenvalue weighted by atomic mass is 16.5. The molecule has 1 aliphatic rings. The van der Waals surface area contributed by atoms with E-state index in [0.29, 0.717) is 11.3 Å². The van der Waals surface area contributed by atoms with Crippen LogP contribution in [0, 0.1) is 0 Å². The van der Waals surface area contributed by atoms with Crippen molar-refractivity contribution in [2.24, 2.45) is 0 Å². The monoisotopic (exact) mass is 292 g/mol. The molecule has 114 valence electrons. The van der Waals surface area contributed by atoms with Crippen LogP contribution in [0.4, 0.5) is 5.69 Å². The molecule has 1 saturated heterocycles. The Morgan fingerprint density at radius 2 is 1.90 bits per heavy atom. The fourth-order valence-electron chi connectivity index (χ4n) is 2.23. The number of carboxylic acid groups (broad SMARTS) is 1. The lowest BCUT2D eigenvalue weighted by atomic mass is 10.1. The summed E-state index contributed by atoms with van der Waals surface area (Å²) in [6, 6.07) is 6.77. The number of carbonyl (C=O) groups excluding carboxylic acids is 1. The lowest BCUT2D eigenvalue weighted by molar-refractivity contribution is -0.136. The summed E-state index contributed by atoms with van der Waals surface area (Å²) >= 11 is 0. The number of rotatable bonds is 6. The topological polar surface area (TPSA) is 87.7 Å². The molecule has 21 heavy (non-hydrogen) atoms. The molecule has 2 rings (SSSR count). The van der Waals surface area contributed by atoms with Crippen molar-refractivity contribution in [1.82, 2.24) is 5.32 Å². The molecule has 0 aromatic heterocycles. The van der Waals surface area contributed by atoms with Crippen LogP contribution in [0.25, 0.3) is 0 Å². The second-order valence-corrected chi connectivity index (χ2v) is 5.08. The van der Waals surface area contributed by atoms with Gasteiger partial charge in [0.2, 0.25) is 5.91 Å². The van der Waals surface area contributed by atoms with Gasteiger partial charge < -0.3 is 20.5 Å². The maximum absolute atomic E-state index is 11.8. The van der Waals surface area contributed by atoms with E-state index in [2.05, 4.69) is 10.6 Å². The number of benzene rings is 1. The Labute approximate surface area is 123 Å². The van der Waals surface area contributed by atoms with Gasteiger partial charge in [0, 0.05) is 5.69 Å². The average molecular weight is 292 g/mol. The molecule has 0 spiro atoms. The lowest BCUT2D eigenvalue weighted by Gasteiger charge is -2.22. The van der Waals surface area contributed by atoms with E-state index in [-0.39, 0.29) is 25.0 Å². The van der Waals surface area contributed by atoms with Crippen LogP contribution in [0.3, 0.4) is 0 Å². The summed E-state index contributed by atoms with van der Waals surface area (Å²) in [7, 11) is 0. The first kappa shape index (κ1) is 15.5. The minimum atomic E-state index is -0.873. The highest BCUT2D eigenvalue weighted by molar-refractivity contribution is 5.91. The number of hydrogen-bond acceptors (Lipinski definition) is 4. The van der Waals surface area contributed by atoms with Gasteiger partial charge in [-0.3, -0.25) is 9.59 Å². The number of nitrogens with one attached hydrogen (secondary N) is 2. The molecule has 0 radical (unpaired) electrons. The molecule has 6 heteroatoms. The number of carbonyl (C=O) groups is 2. The third-order valence-electron chi connectivity index (χ3n) is 3.33. The molecular formula is C15H20N2O4. The molecule has 0 atom stereocenters. The molecule has 0 saturated carbocycles. The third kappa shape index (κ3) is 5.53. The summed E-state index contributed by atoms with van der Waals surface area (Å²) < 4.78 is 5.56. The van der Waals surface area contributed by atoms with Crippen LogP contribution in [0.2, 0.25) is 0 Å². The lowest BCUT2D eigenvalue weighted by Crippen LogP contribution is -2.34. The summed E-state index contributed by atoms with van der Waals surface area (Å²) in [5.41, 5.74) is 1.34. The van der Waals surface area contributed by atoms with E-state index < -0.39 is 5.97 Å². The van der Waals surface area contributed by atoms with E-state index in [1.807, 2.05) is 0 Å². The van der Waals surface area contributed by atoms with Crippen LogP contribution in [-0.2, 0) is 20.7 Å². The minimum Gasteiger partial charge on any atom is -0.481 e. The van der Waals surface area contributed by atoms with Gasteiger partial charge in [0.15, 0.2) is 0 Å². The number of carboxylic acids is 1. The molecule has 0 aliphatic carbocycles. The molecule has 1 fully saturated rings. The summed E-state index contributed by atoms with van der Waals surface area (Å²) in [5, 5.41) is 14.7. The average Bonchev–Trinajstić information content (AvgIpc) is 2.48. The van der Waals surface area contributed by atoms with Gasteiger partial charge in [-0.05, 0) is 43.6 Å². The smallest absolute Gasteiger partial charge is 0.307 e. The molecule has 1 aliphatic heterocycles. The highest BCUT2D eigenvalue weighted by Crippen LogP contribution is 2.11. The van der Waals surface area contributed by atoms with Crippen molar-refractivity contribution in [2.45, 2.75) is 25.4 Å². The number of hydrogen-bond donors (Lipinski definition) is 3. The van der Waals surface area contributed by atoms with Crippen LogP contribution < -0.4 is 10.6 Å². The quantitative estimate of drug-likeness (QED) is 0.728. The van der Waals surface area contributed by atoms with Crippen LogP contribution in [-0.4, -0.2) is 42.8 Å². The molecule has 3 N–H and O–H groups in total. The first-order valence-corrected chi connectivity index (χ1v) is 7.06. The number of piperidine rings is 1. The fourth-order valence-corrected chi connectivity index (χ4v) is 2.23. The zero-order chi connectivity index (χ0) is 15.1. The Hall–Kier alpha value is -1.92. The highest BCUT2D eigenvalue weighted by Gasteiger charge is 2.14. The molecule has 1 aromatic rings. The van der Waals surface area contributed by atoms with Crippen molar-refractivity contribution in [1.29, 1.82) is 0 Å². The van der Waals surface area contributed by atoms with E-state index in [0.717, 1.165) is 25.9 Å². The largest absolute Gasteiger partial charge is 0.481 e. The first-order valence-electron chi connectivity index (χ1n) is 7.06. The Bertz CT molecular complexity index is 481. The van der Waals surface area contributed by atoms with Gasteiger partial charge in [0.25, 0.3) is 0 Å². The van der Waals surface area contributed by atoms with Gasteiger partial charge in [-0.2, -0.15) is 0 Å². The number of amides is 1. The van der Waals surface area contributed by atoms with Crippen molar-refractivity contribution in [3.63, 3.8) is 0 Å². The normalized spacial score (nSPS) is 15.6. The summed E-state index contributed by atoms with van der Waals surface area (Å²) in [4.78, 5) is 22.3. The Morgan fingerprint density at radius 3 is 2.52 bits per heavy atom. The third-order valence-corrected chi connectivity index (χ3v) is 3.33. The first-order chi connectivity index (χ1) is 10.1. The van der Waals surface area contributed by atoms with Crippen molar-refractivity contribution >= 4 is 17.6 Å². The van der Waals surface area contributed by atoms with Gasteiger partial charge in [0.05, 0.1) is 12.5 Å². The predicted molar refractivity (Wildman–Crippen MR) is 78.3 cm³/mol. The standard InChI is InChI=1S/C15H20N2O4/c18-14(10-21-13-5-7-16-8-6-13)17-12-3-1-11(2-4-12)9-15(19)20/h1-4,13,16H,5-10H2,(H,17,18)(H,19,20). The molecule has 6 nitrogen and oxygen atoms in total. The van der Waals surface area contributed by atoms with Crippen LogP contribution in [0.1, 0.15) is 18.4 Å². The van der Waals surface area contributed by atoms with Crippen molar-refractivity contribution in [2.75, 3.05) is 25.0 Å². The van der Waals surface area contributed by atoms with Gasteiger partial charge in [-0.15, -0.1) is 0 Å². The number of ether oxygens (including phenoxy) is 1. The summed E-state index contributed by atoms with van der Waals surface area (Å²) in [6.07, 6.45) is 1.98. The minimum absolute atomic E-state index is 0.0208. The molecule has 0 bridgehead atoms. The van der Waals surface area contributed by atoms with Crippen LogP contribution in [0.5, 0.6) is 0 Å². The Morgan fingerprint density at radius 1 is 1.24 bits per heavy atom. The van der Waals surface area contributed by atoms with Gasteiger partial charge >= 0.3 is 5.97 Å². The fraction of sp³-hybridized carbons (Fsp3) is 0.467. The maximum atomic E-state index is 11.8. The van der Waals surface area contributed by atoms with E-state index in [9.17, 15) is 9.59 Å². The van der Waals surface area contributed by atoms with Gasteiger partial charge in [-0.25, -0.2) is 0 Å². The van der Waals surface area contributed by atoms with Crippen molar-refractivity contribution < 1.29 is 19.4 Å². The maximum Gasteiger partial charge on any atom is 0.307 e. The van der Waals surface area contributed by atoms with Gasteiger partial charge in [0.1, 0.15) is 6.61 Å². The SMILES string of the molecule is O=C(O)Cc1ccc(NC(=O)COC2CCNCC2)cc1. The predicted octanol–water partition coefficient (Wildman–Crippen LogP) is 1.02. The number of anilines is 1. The van der Waals surface area contributed by atoms with Crippen LogP contribution >= 0.6 is 0 Å². The second-order valence-electron chi connectivity index (χ2n) is 5.08. The van der Waals surface area contributed by atoms with E-state index >= 15 is 0 Å². The zero-order valence-electron chi connectivity index (χ0n) is 11.8. The van der Waals surface area contributed by atoms with Crippen LogP contribution in [0.15, 0.2) is 24.3 Å². The Balaban J connectivity index is 1.75. The van der Waals surface area contributed by atoms with E-state index in [1.165, 1.54) is 0 Å². The van der Waals surface area contributed by atoms with E-state index in [1.54, 1.807) is 24.3 Å². The summed E-state index contributed by atoms with van der Waals surface area (Å²) in [6.45, 7) is 1.90. The molecule has 1 amide bonds.